The highest BCUT2D eigenvalue weighted by atomic mass is 35.5. The number of aryl methyl sites for hydroxylation is 1. The van der Waals surface area contributed by atoms with Gasteiger partial charge >= 0.3 is 6.18 Å². The van der Waals surface area contributed by atoms with Crippen molar-refractivity contribution in [2.75, 3.05) is 6.54 Å². The second-order valence-electron chi connectivity index (χ2n) is 4.99. The number of rotatable bonds is 5. The zero-order valence-electron chi connectivity index (χ0n) is 12.7. The summed E-state index contributed by atoms with van der Waals surface area (Å²) < 4.78 is 42.0. The summed E-state index contributed by atoms with van der Waals surface area (Å²) in [7, 11) is 0. The number of hydrogen-bond acceptors (Lipinski definition) is 3. The van der Waals surface area contributed by atoms with Crippen molar-refractivity contribution >= 4 is 17.5 Å². The summed E-state index contributed by atoms with van der Waals surface area (Å²) in [5.41, 5.74) is 1.12. The number of carbonyl (C=O) groups is 1. The van der Waals surface area contributed by atoms with E-state index in [2.05, 4.69) is 4.98 Å². The minimum Gasteiger partial charge on any atom is -0.485 e. The summed E-state index contributed by atoms with van der Waals surface area (Å²) in [6, 6.07) is 9.75. The van der Waals surface area contributed by atoms with Crippen molar-refractivity contribution in [3.05, 3.63) is 58.4 Å². The number of ether oxygens (including phenoxy) is 1. The number of nitrogens with one attached hydrogen (secondary N) is 1. The third-order valence-electron chi connectivity index (χ3n) is 3.02. The number of para-hydroxylation sites is 1. The molecule has 0 saturated carbocycles. The second-order valence-corrected chi connectivity index (χ2v) is 5.39. The van der Waals surface area contributed by atoms with E-state index in [9.17, 15) is 18.0 Å². The lowest BCUT2D eigenvalue weighted by atomic mass is 10.2. The number of halogens is 4. The monoisotopic (exact) mass is 358 g/mol. The van der Waals surface area contributed by atoms with E-state index in [0.717, 1.165) is 5.56 Å². The number of aromatic nitrogens is 1. The van der Waals surface area contributed by atoms with Crippen molar-refractivity contribution in [3.63, 3.8) is 0 Å². The smallest absolute Gasteiger partial charge is 0.405 e. The van der Waals surface area contributed by atoms with Crippen LogP contribution in [0.1, 0.15) is 21.7 Å². The molecule has 0 aliphatic carbocycles. The standard InChI is InChI=1S/C16H14ClF3N2O2/c1-10-4-2-6-12(17)14(10)24-8-11-5-3-7-13(22-11)15(23)21-9-16(18,19)20/h2-7H,8-9H2,1H3,(H,21,23). The molecule has 2 aromatic rings. The summed E-state index contributed by atoms with van der Waals surface area (Å²) in [6.45, 7) is 0.452. The molecule has 0 aliphatic heterocycles. The Bertz CT molecular complexity index is 715. The molecule has 0 bridgehead atoms. The lowest BCUT2D eigenvalue weighted by Gasteiger charge is -2.11. The van der Waals surface area contributed by atoms with Crippen LogP contribution in [0.4, 0.5) is 13.2 Å². The van der Waals surface area contributed by atoms with Crippen molar-refractivity contribution in [2.24, 2.45) is 0 Å². The first kappa shape index (κ1) is 18.1. The van der Waals surface area contributed by atoms with Crippen molar-refractivity contribution in [3.8, 4) is 5.75 Å². The number of carbonyl (C=O) groups excluding carboxylic acids is 1. The fraction of sp³-hybridized carbons (Fsp3) is 0.250. The third kappa shape index (κ3) is 5.13. The van der Waals surface area contributed by atoms with Gasteiger partial charge in [0, 0.05) is 0 Å². The molecule has 0 atom stereocenters. The second kappa shape index (κ2) is 7.53. The van der Waals surface area contributed by atoms with Gasteiger partial charge in [-0.25, -0.2) is 4.98 Å². The van der Waals surface area contributed by atoms with Gasteiger partial charge in [-0.2, -0.15) is 13.2 Å². The highest BCUT2D eigenvalue weighted by molar-refractivity contribution is 6.32. The lowest BCUT2D eigenvalue weighted by molar-refractivity contribution is -0.123. The van der Waals surface area contributed by atoms with Crippen LogP contribution in [-0.2, 0) is 6.61 Å². The summed E-state index contributed by atoms with van der Waals surface area (Å²) in [6.07, 6.45) is -4.47. The quantitative estimate of drug-likeness (QED) is 0.881. The molecule has 0 radical (unpaired) electrons. The molecule has 1 aromatic heterocycles. The minimum atomic E-state index is -4.47. The molecule has 4 nitrogen and oxygen atoms in total. The zero-order chi connectivity index (χ0) is 17.7. The summed E-state index contributed by atoms with van der Waals surface area (Å²) in [5, 5.41) is 2.21. The Morgan fingerprint density at radius 1 is 1.25 bits per heavy atom. The number of hydrogen-bond donors (Lipinski definition) is 1. The number of nitrogens with zero attached hydrogens (tertiary/aromatic N) is 1. The SMILES string of the molecule is Cc1cccc(Cl)c1OCc1cccc(C(=O)NCC(F)(F)F)n1. The maximum atomic E-state index is 12.1. The lowest BCUT2D eigenvalue weighted by Crippen LogP contribution is -2.34. The highest BCUT2D eigenvalue weighted by Crippen LogP contribution is 2.28. The van der Waals surface area contributed by atoms with Gasteiger partial charge in [0.05, 0.1) is 10.7 Å². The number of alkyl halides is 3. The van der Waals surface area contributed by atoms with Gasteiger partial charge in [0.15, 0.2) is 0 Å². The van der Waals surface area contributed by atoms with Gasteiger partial charge in [0.25, 0.3) is 5.91 Å². The third-order valence-corrected chi connectivity index (χ3v) is 3.31. The Balaban J connectivity index is 2.04. The van der Waals surface area contributed by atoms with Crippen LogP contribution in [0.15, 0.2) is 36.4 Å². The van der Waals surface area contributed by atoms with Crippen LogP contribution in [-0.4, -0.2) is 23.6 Å². The van der Waals surface area contributed by atoms with Crippen LogP contribution in [0.2, 0.25) is 5.02 Å². The van der Waals surface area contributed by atoms with Gasteiger partial charge in [0.1, 0.15) is 24.6 Å². The Morgan fingerprint density at radius 2 is 1.96 bits per heavy atom. The van der Waals surface area contributed by atoms with E-state index in [1.165, 1.54) is 12.1 Å². The molecule has 1 aromatic carbocycles. The maximum absolute atomic E-state index is 12.1. The van der Waals surface area contributed by atoms with E-state index in [4.69, 9.17) is 16.3 Å². The molecule has 0 unspecified atom stereocenters. The van der Waals surface area contributed by atoms with Gasteiger partial charge < -0.3 is 10.1 Å². The minimum absolute atomic E-state index is 0.0327. The Hall–Kier alpha value is -2.28. The fourth-order valence-corrected chi connectivity index (χ4v) is 2.18. The highest BCUT2D eigenvalue weighted by Gasteiger charge is 2.28. The van der Waals surface area contributed by atoms with E-state index in [-0.39, 0.29) is 12.3 Å². The van der Waals surface area contributed by atoms with E-state index in [1.807, 2.05) is 13.0 Å². The molecule has 0 spiro atoms. The molecule has 0 saturated heterocycles. The number of pyridine rings is 1. The van der Waals surface area contributed by atoms with Crippen LogP contribution in [0.25, 0.3) is 0 Å². The van der Waals surface area contributed by atoms with Gasteiger partial charge in [0.2, 0.25) is 0 Å². The van der Waals surface area contributed by atoms with Crippen LogP contribution >= 0.6 is 11.6 Å². The van der Waals surface area contributed by atoms with Crippen molar-refractivity contribution in [1.29, 1.82) is 0 Å². The van der Waals surface area contributed by atoms with Gasteiger partial charge in [-0.15, -0.1) is 0 Å². The largest absolute Gasteiger partial charge is 0.485 e. The average molecular weight is 359 g/mol. The molecule has 2 rings (SSSR count). The summed E-state index contributed by atoms with van der Waals surface area (Å²) >= 11 is 6.05. The molecule has 0 aliphatic rings. The zero-order valence-corrected chi connectivity index (χ0v) is 13.4. The molecular formula is C16H14ClF3N2O2. The average Bonchev–Trinajstić information content (AvgIpc) is 2.52. The Labute approximate surface area is 141 Å². The molecule has 24 heavy (non-hydrogen) atoms. The molecule has 128 valence electrons. The predicted octanol–water partition coefficient (Wildman–Crippen LogP) is 3.91. The topological polar surface area (TPSA) is 51.2 Å². The Morgan fingerprint density at radius 3 is 2.62 bits per heavy atom. The van der Waals surface area contributed by atoms with Crippen molar-refractivity contribution in [2.45, 2.75) is 19.7 Å². The summed E-state index contributed by atoms with van der Waals surface area (Å²) in [4.78, 5) is 15.7. The first-order valence-corrected chi connectivity index (χ1v) is 7.33. The number of amides is 1. The van der Waals surface area contributed by atoms with Crippen molar-refractivity contribution < 1.29 is 22.7 Å². The molecular weight excluding hydrogens is 345 g/mol. The van der Waals surface area contributed by atoms with Gasteiger partial charge in [-0.05, 0) is 30.7 Å². The van der Waals surface area contributed by atoms with Crippen LogP contribution in [0, 0.1) is 6.92 Å². The van der Waals surface area contributed by atoms with E-state index in [1.54, 1.807) is 23.5 Å². The number of benzene rings is 1. The van der Waals surface area contributed by atoms with Gasteiger partial charge in [-0.1, -0.05) is 29.8 Å². The maximum Gasteiger partial charge on any atom is 0.405 e. The normalized spacial score (nSPS) is 11.2. The van der Waals surface area contributed by atoms with Crippen LogP contribution < -0.4 is 10.1 Å². The first-order valence-electron chi connectivity index (χ1n) is 6.95. The molecule has 1 amide bonds. The first-order chi connectivity index (χ1) is 11.3. The molecule has 8 heteroatoms. The van der Waals surface area contributed by atoms with E-state index < -0.39 is 18.6 Å². The van der Waals surface area contributed by atoms with Crippen LogP contribution in [0.3, 0.4) is 0 Å². The molecule has 1 N–H and O–H groups in total. The van der Waals surface area contributed by atoms with E-state index >= 15 is 0 Å². The Kier molecular flexibility index (Phi) is 5.66. The van der Waals surface area contributed by atoms with Crippen LogP contribution in [0.5, 0.6) is 5.75 Å². The summed E-state index contributed by atoms with van der Waals surface area (Å²) in [5.74, 6) is -0.406. The van der Waals surface area contributed by atoms with Gasteiger partial charge in [-0.3, -0.25) is 4.79 Å². The van der Waals surface area contributed by atoms with Crippen molar-refractivity contribution in [1.82, 2.24) is 10.3 Å². The molecule has 1 heterocycles. The molecule has 0 fully saturated rings. The predicted molar refractivity (Wildman–Crippen MR) is 83.1 cm³/mol. The van der Waals surface area contributed by atoms with E-state index in [0.29, 0.717) is 16.5 Å². The fourth-order valence-electron chi connectivity index (χ4n) is 1.90.